The second-order valence-electron chi connectivity index (χ2n) is 5.73. The van der Waals surface area contributed by atoms with Crippen molar-refractivity contribution in [2.24, 2.45) is 0 Å². The van der Waals surface area contributed by atoms with Crippen molar-refractivity contribution in [3.8, 4) is 0 Å². The Balaban J connectivity index is 1.75. The molecule has 1 atom stereocenters. The first kappa shape index (κ1) is 13.1. The van der Waals surface area contributed by atoms with Gasteiger partial charge in [-0.25, -0.2) is 4.98 Å². The van der Waals surface area contributed by atoms with Gasteiger partial charge in [-0.3, -0.25) is 10.1 Å². The standard InChI is InChI=1S/C15H19N3O2/c1-15(14(19)20,17-11-6-7-11)8-9-18-10-16-12-4-2-3-5-13(12)18/h2-5,10-11,17H,6-9H2,1H3,(H,19,20). The van der Waals surface area contributed by atoms with E-state index < -0.39 is 11.5 Å². The van der Waals surface area contributed by atoms with Crippen LogP contribution in [0.1, 0.15) is 26.2 Å². The summed E-state index contributed by atoms with van der Waals surface area (Å²) >= 11 is 0. The van der Waals surface area contributed by atoms with Crippen LogP contribution in [0.2, 0.25) is 0 Å². The number of carboxylic acid groups (broad SMARTS) is 1. The van der Waals surface area contributed by atoms with Crippen LogP contribution in [0.5, 0.6) is 0 Å². The number of carboxylic acids is 1. The highest BCUT2D eigenvalue weighted by atomic mass is 16.4. The zero-order chi connectivity index (χ0) is 14.2. The Morgan fingerprint density at radius 1 is 1.50 bits per heavy atom. The Labute approximate surface area is 117 Å². The Bertz CT molecular complexity index is 633. The molecule has 1 aliphatic carbocycles. The molecule has 5 heteroatoms. The minimum absolute atomic E-state index is 0.371. The van der Waals surface area contributed by atoms with Crippen LogP contribution in [0.25, 0.3) is 11.0 Å². The topological polar surface area (TPSA) is 67.2 Å². The lowest BCUT2D eigenvalue weighted by Crippen LogP contribution is -2.51. The lowest BCUT2D eigenvalue weighted by molar-refractivity contribution is -0.144. The first-order chi connectivity index (χ1) is 9.58. The summed E-state index contributed by atoms with van der Waals surface area (Å²) in [5.74, 6) is -0.783. The summed E-state index contributed by atoms with van der Waals surface area (Å²) < 4.78 is 2.02. The lowest BCUT2D eigenvalue weighted by Gasteiger charge is -2.26. The van der Waals surface area contributed by atoms with Gasteiger partial charge in [0.2, 0.25) is 0 Å². The van der Waals surface area contributed by atoms with E-state index in [1.807, 2.05) is 28.8 Å². The van der Waals surface area contributed by atoms with E-state index in [0.717, 1.165) is 23.9 Å². The van der Waals surface area contributed by atoms with Crippen molar-refractivity contribution in [3.05, 3.63) is 30.6 Å². The predicted molar refractivity (Wildman–Crippen MR) is 76.5 cm³/mol. The molecule has 5 nitrogen and oxygen atoms in total. The second-order valence-corrected chi connectivity index (χ2v) is 5.73. The number of aromatic nitrogens is 2. The SMILES string of the molecule is CC(CCn1cnc2ccccc21)(NC1CC1)C(=O)O. The average molecular weight is 273 g/mol. The largest absolute Gasteiger partial charge is 0.480 e. The summed E-state index contributed by atoms with van der Waals surface area (Å²) in [5, 5.41) is 12.7. The molecule has 106 valence electrons. The molecule has 20 heavy (non-hydrogen) atoms. The Hall–Kier alpha value is -1.88. The molecule has 1 unspecified atom stereocenters. The van der Waals surface area contributed by atoms with E-state index in [9.17, 15) is 9.90 Å². The summed E-state index contributed by atoms with van der Waals surface area (Å²) in [7, 11) is 0. The maximum atomic E-state index is 11.5. The molecule has 1 aromatic heterocycles. The van der Waals surface area contributed by atoms with E-state index in [0.29, 0.717) is 19.0 Å². The van der Waals surface area contributed by atoms with Gasteiger partial charge in [0, 0.05) is 12.6 Å². The van der Waals surface area contributed by atoms with Crippen molar-refractivity contribution in [2.45, 2.75) is 44.3 Å². The maximum absolute atomic E-state index is 11.5. The van der Waals surface area contributed by atoms with E-state index in [-0.39, 0.29) is 0 Å². The van der Waals surface area contributed by atoms with Crippen molar-refractivity contribution in [1.82, 2.24) is 14.9 Å². The molecule has 0 aliphatic heterocycles. The fraction of sp³-hybridized carbons (Fsp3) is 0.467. The summed E-state index contributed by atoms with van der Waals surface area (Å²) in [5.41, 5.74) is 1.12. The number of imidazole rings is 1. The average Bonchev–Trinajstić information content (AvgIpc) is 3.14. The lowest BCUT2D eigenvalue weighted by atomic mass is 9.97. The van der Waals surface area contributed by atoms with Crippen molar-refractivity contribution in [2.75, 3.05) is 0 Å². The number of aliphatic carboxylic acids is 1. The molecule has 0 amide bonds. The zero-order valence-corrected chi connectivity index (χ0v) is 11.5. The third-order valence-electron chi connectivity index (χ3n) is 3.95. The molecule has 0 bridgehead atoms. The smallest absolute Gasteiger partial charge is 0.323 e. The number of carbonyl (C=O) groups is 1. The summed E-state index contributed by atoms with van der Waals surface area (Å²) in [6.07, 6.45) is 4.48. The van der Waals surface area contributed by atoms with Gasteiger partial charge in [-0.2, -0.15) is 0 Å². The molecular formula is C15H19N3O2. The zero-order valence-electron chi connectivity index (χ0n) is 11.5. The van der Waals surface area contributed by atoms with Gasteiger partial charge in [-0.1, -0.05) is 12.1 Å². The Morgan fingerprint density at radius 3 is 2.95 bits per heavy atom. The van der Waals surface area contributed by atoms with Gasteiger partial charge in [-0.05, 0) is 38.3 Å². The number of rotatable bonds is 6. The molecule has 0 spiro atoms. The monoisotopic (exact) mass is 273 g/mol. The first-order valence-electron chi connectivity index (χ1n) is 6.99. The third kappa shape index (κ3) is 2.54. The fourth-order valence-electron chi connectivity index (χ4n) is 2.45. The van der Waals surface area contributed by atoms with Crippen LogP contribution in [0.15, 0.2) is 30.6 Å². The third-order valence-corrected chi connectivity index (χ3v) is 3.95. The second kappa shape index (κ2) is 4.90. The number of para-hydroxylation sites is 2. The van der Waals surface area contributed by atoms with Crippen LogP contribution in [0, 0.1) is 0 Å². The van der Waals surface area contributed by atoms with E-state index in [4.69, 9.17) is 0 Å². The van der Waals surface area contributed by atoms with Crippen molar-refractivity contribution >= 4 is 17.0 Å². The maximum Gasteiger partial charge on any atom is 0.323 e. The van der Waals surface area contributed by atoms with Crippen LogP contribution < -0.4 is 5.32 Å². The molecule has 2 aromatic rings. The van der Waals surface area contributed by atoms with Crippen molar-refractivity contribution < 1.29 is 9.90 Å². The van der Waals surface area contributed by atoms with Crippen molar-refractivity contribution in [1.29, 1.82) is 0 Å². The number of fused-ring (bicyclic) bond motifs is 1. The van der Waals surface area contributed by atoms with E-state index >= 15 is 0 Å². The van der Waals surface area contributed by atoms with Gasteiger partial charge in [0.25, 0.3) is 0 Å². The highest BCUT2D eigenvalue weighted by Crippen LogP contribution is 2.25. The highest BCUT2D eigenvalue weighted by molar-refractivity contribution is 5.78. The van der Waals surface area contributed by atoms with Gasteiger partial charge in [0.1, 0.15) is 5.54 Å². The van der Waals surface area contributed by atoms with Crippen LogP contribution in [-0.2, 0) is 11.3 Å². The molecule has 1 aromatic carbocycles. The fourth-order valence-corrected chi connectivity index (χ4v) is 2.45. The van der Waals surface area contributed by atoms with Gasteiger partial charge in [-0.15, -0.1) is 0 Å². The molecule has 0 radical (unpaired) electrons. The number of benzene rings is 1. The minimum Gasteiger partial charge on any atom is -0.480 e. The molecule has 3 rings (SSSR count). The Morgan fingerprint density at radius 2 is 2.25 bits per heavy atom. The van der Waals surface area contributed by atoms with Gasteiger partial charge in [0.05, 0.1) is 17.4 Å². The minimum atomic E-state index is -0.869. The molecule has 0 saturated heterocycles. The van der Waals surface area contributed by atoms with E-state index in [1.165, 1.54) is 0 Å². The van der Waals surface area contributed by atoms with Crippen LogP contribution in [0.4, 0.5) is 0 Å². The quantitative estimate of drug-likeness (QED) is 0.845. The summed E-state index contributed by atoms with van der Waals surface area (Å²) in [6, 6.07) is 8.27. The summed E-state index contributed by atoms with van der Waals surface area (Å²) in [6.45, 7) is 2.41. The molecule has 1 heterocycles. The van der Waals surface area contributed by atoms with E-state index in [1.54, 1.807) is 13.3 Å². The Kier molecular flexibility index (Phi) is 3.22. The highest BCUT2D eigenvalue weighted by Gasteiger charge is 2.38. The molecule has 1 fully saturated rings. The van der Waals surface area contributed by atoms with Crippen molar-refractivity contribution in [3.63, 3.8) is 0 Å². The number of hydrogen-bond donors (Lipinski definition) is 2. The number of nitrogens with one attached hydrogen (secondary N) is 1. The number of nitrogens with zero attached hydrogens (tertiary/aromatic N) is 2. The summed E-state index contributed by atoms with van der Waals surface area (Å²) in [4.78, 5) is 15.9. The number of aryl methyl sites for hydroxylation is 1. The predicted octanol–water partition coefficient (Wildman–Crippen LogP) is 2.02. The number of hydrogen-bond acceptors (Lipinski definition) is 3. The molecule has 1 saturated carbocycles. The first-order valence-corrected chi connectivity index (χ1v) is 6.99. The molecule has 1 aliphatic rings. The van der Waals surface area contributed by atoms with Gasteiger partial charge >= 0.3 is 5.97 Å². The molecule has 2 N–H and O–H groups in total. The van der Waals surface area contributed by atoms with Crippen LogP contribution in [0.3, 0.4) is 0 Å². The van der Waals surface area contributed by atoms with Crippen LogP contribution >= 0.6 is 0 Å². The van der Waals surface area contributed by atoms with Gasteiger partial charge < -0.3 is 9.67 Å². The van der Waals surface area contributed by atoms with Gasteiger partial charge in [0.15, 0.2) is 0 Å². The van der Waals surface area contributed by atoms with E-state index in [2.05, 4.69) is 10.3 Å². The molecular weight excluding hydrogens is 254 g/mol. The normalized spacial score (nSPS) is 18.1. The van der Waals surface area contributed by atoms with Crippen LogP contribution in [-0.4, -0.2) is 32.2 Å².